The third kappa shape index (κ3) is 2.59. The van der Waals surface area contributed by atoms with Crippen LogP contribution < -0.4 is 5.76 Å². The number of aryl methyl sites for hydroxylation is 1. The maximum atomic E-state index is 11.7. The number of halogens is 2. The lowest BCUT2D eigenvalue weighted by Crippen LogP contribution is -2.11. The molecule has 1 heterocycles. The molecule has 5 heteroatoms. The number of aromatic nitrogens is 1. The number of nitrogens with zero attached hydrogens (tertiary/aromatic N) is 1. The summed E-state index contributed by atoms with van der Waals surface area (Å²) < 4.78 is 6.85. The second kappa shape index (κ2) is 5.58. The molecule has 0 fully saturated rings. The molecule has 1 aromatic heterocycles. The number of hydrogen-bond donors (Lipinski definition) is 0. The summed E-state index contributed by atoms with van der Waals surface area (Å²) in [6.07, 6.45) is 0. The molecule has 0 aliphatic carbocycles. The summed E-state index contributed by atoms with van der Waals surface area (Å²) in [5, 5.41) is 0.297. The van der Waals surface area contributed by atoms with Gasteiger partial charge in [0.2, 0.25) is 0 Å². The standard InChI is InChI=1S/C16H13Cl2NO2/c1-2-19-13-7-6-11(9-14(13)21-16(19)20)15(18)10-4-3-5-12(17)8-10/h3-9,15H,2H2,1H3. The van der Waals surface area contributed by atoms with Crippen molar-refractivity contribution in [3.63, 3.8) is 0 Å². The Balaban J connectivity index is 2.07. The number of oxazole rings is 1. The molecule has 1 atom stereocenters. The van der Waals surface area contributed by atoms with Crippen LogP contribution in [0.15, 0.2) is 51.7 Å². The highest BCUT2D eigenvalue weighted by Crippen LogP contribution is 2.31. The lowest BCUT2D eigenvalue weighted by Gasteiger charge is -2.10. The maximum Gasteiger partial charge on any atom is 0.419 e. The highest BCUT2D eigenvalue weighted by Gasteiger charge is 2.14. The minimum absolute atomic E-state index is 0.344. The third-order valence-electron chi connectivity index (χ3n) is 3.44. The number of fused-ring (bicyclic) bond motifs is 1. The van der Waals surface area contributed by atoms with Crippen LogP contribution in [0.25, 0.3) is 11.1 Å². The lowest BCUT2D eigenvalue weighted by atomic mass is 10.0. The maximum absolute atomic E-state index is 11.7. The number of benzene rings is 2. The van der Waals surface area contributed by atoms with E-state index in [-0.39, 0.29) is 11.1 Å². The smallest absolute Gasteiger partial charge is 0.408 e. The number of rotatable bonds is 3. The van der Waals surface area contributed by atoms with Crippen molar-refractivity contribution in [1.82, 2.24) is 4.57 Å². The van der Waals surface area contributed by atoms with Crippen molar-refractivity contribution < 1.29 is 4.42 Å². The van der Waals surface area contributed by atoms with Gasteiger partial charge >= 0.3 is 5.76 Å². The Hall–Kier alpha value is -1.71. The number of hydrogen-bond acceptors (Lipinski definition) is 2. The van der Waals surface area contributed by atoms with E-state index >= 15 is 0 Å². The Morgan fingerprint density at radius 3 is 2.67 bits per heavy atom. The molecule has 3 aromatic rings. The zero-order valence-corrected chi connectivity index (χ0v) is 12.9. The minimum Gasteiger partial charge on any atom is -0.408 e. The van der Waals surface area contributed by atoms with Crippen LogP contribution in [0.5, 0.6) is 0 Å². The van der Waals surface area contributed by atoms with E-state index in [1.54, 1.807) is 10.6 Å². The summed E-state index contributed by atoms with van der Waals surface area (Å²) in [5.41, 5.74) is 3.09. The zero-order valence-electron chi connectivity index (χ0n) is 11.3. The Kier molecular flexibility index (Phi) is 3.79. The quantitative estimate of drug-likeness (QED) is 0.661. The van der Waals surface area contributed by atoms with Crippen LogP contribution in [-0.4, -0.2) is 4.57 Å². The lowest BCUT2D eigenvalue weighted by molar-refractivity contribution is 0.513. The predicted molar refractivity (Wildman–Crippen MR) is 85.3 cm³/mol. The van der Waals surface area contributed by atoms with Gasteiger partial charge in [-0.05, 0) is 42.3 Å². The summed E-state index contributed by atoms with van der Waals surface area (Å²) in [6, 6.07) is 13.0. The average Bonchev–Trinajstić information content (AvgIpc) is 2.80. The van der Waals surface area contributed by atoms with E-state index in [0.29, 0.717) is 17.2 Å². The second-order valence-electron chi connectivity index (χ2n) is 4.76. The van der Waals surface area contributed by atoms with Gasteiger partial charge in [-0.1, -0.05) is 29.8 Å². The fraction of sp³-hybridized carbons (Fsp3) is 0.188. The zero-order chi connectivity index (χ0) is 15.0. The van der Waals surface area contributed by atoms with E-state index in [1.165, 1.54) is 0 Å². The van der Waals surface area contributed by atoms with Crippen molar-refractivity contribution in [2.45, 2.75) is 18.8 Å². The highest BCUT2D eigenvalue weighted by atomic mass is 35.5. The van der Waals surface area contributed by atoms with E-state index in [2.05, 4.69) is 0 Å². The van der Waals surface area contributed by atoms with Crippen molar-refractivity contribution in [2.75, 3.05) is 0 Å². The molecule has 0 aliphatic heterocycles. The van der Waals surface area contributed by atoms with Crippen molar-refractivity contribution in [3.05, 3.63) is 69.2 Å². The van der Waals surface area contributed by atoms with E-state index in [4.69, 9.17) is 27.6 Å². The van der Waals surface area contributed by atoms with Gasteiger partial charge < -0.3 is 4.42 Å². The Bertz CT molecular complexity index is 851. The van der Waals surface area contributed by atoms with E-state index in [9.17, 15) is 4.79 Å². The first kappa shape index (κ1) is 14.2. The molecule has 1 unspecified atom stereocenters. The fourth-order valence-corrected chi connectivity index (χ4v) is 2.87. The minimum atomic E-state index is -0.349. The molecular weight excluding hydrogens is 309 g/mol. The summed E-state index contributed by atoms with van der Waals surface area (Å²) in [6.45, 7) is 2.48. The van der Waals surface area contributed by atoms with Gasteiger partial charge in [0.05, 0.1) is 10.9 Å². The van der Waals surface area contributed by atoms with Crippen LogP contribution in [0.4, 0.5) is 0 Å². The van der Waals surface area contributed by atoms with Gasteiger partial charge in [-0.2, -0.15) is 0 Å². The summed E-state index contributed by atoms with van der Waals surface area (Å²) >= 11 is 12.5. The van der Waals surface area contributed by atoms with Crippen molar-refractivity contribution in [2.24, 2.45) is 0 Å². The molecule has 3 rings (SSSR count). The SMILES string of the molecule is CCn1c(=O)oc2cc(C(Cl)c3cccc(Cl)c3)ccc21. The first-order chi connectivity index (χ1) is 10.1. The van der Waals surface area contributed by atoms with Crippen molar-refractivity contribution in [1.29, 1.82) is 0 Å². The monoisotopic (exact) mass is 321 g/mol. The van der Waals surface area contributed by atoms with Crippen LogP contribution in [0.3, 0.4) is 0 Å². The van der Waals surface area contributed by atoms with Crippen molar-refractivity contribution >= 4 is 34.3 Å². The molecule has 0 bridgehead atoms. The molecule has 0 radical (unpaired) electrons. The Morgan fingerprint density at radius 1 is 1.19 bits per heavy atom. The molecule has 0 amide bonds. The molecule has 0 spiro atoms. The first-order valence-electron chi connectivity index (χ1n) is 6.63. The van der Waals surface area contributed by atoms with Crippen LogP contribution >= 0.6 is 23.2 Å². The van der Waals surface area contributed by atoms with E-state index in [0.717, 1.165) is 16.6 Å². The average molecular weight is 322 g/mol. The van der Waals surface area contributed by atoms with Crippen LogP contribution in [0, 0.1) is 0 Å². The van der Waals surface area contributed by atoms with Crippen LogP contribution in [0.2, 0.25) is 5.02 Å². The normalized spacial score (nSPS) is 12.7. The molecule has 0 N–H and O–H groups in total. The van der Waals surface area contributed by atoms with Gasteiger partial charge in [0.1, 0.15) is 0 Å². The first-order valence-corrected chi connectivity index (χ1v) is 7.44. The van der Waals surface area contributed by atoms with E-state index < -0.39 is 0 Å². The Morgan fingerprint density at radius 2 is 1.95 bits per heavy atom. The molecule has 0 saturated carbocycles. The Labute approximate surface area is 131 Å². The number of alkyl halides is 1. The fourth-order valence-electron chi connectivity index (χ4n) is 2.40. The topological polar surface area (TPSA) is 35.1 Å². The summed E-state index contributed by atoms with van der Waals surface area (Å²) in [5.74, 6) is -0.349. The molecule has 0 aliphatic rings. The third-order valence-corrected chi connectivity index (χ3v) is 4.18. The van der Waals surface area contributed by atoms with Gasteiger partial charge in [0.25, 0.3) is 0 Å². The summed E-state index contributed by atoms with van der Waals surface area (Å²) in [7, 11) is 0. The van der Waals surface area contributed by atoms with Gasteiger partial charge in [0.15, 0.2) is 5.58 Å². The van der Waals surface area contributed by atoms with Crippen molar-refractivity contribution in [3.8, 4) is 0 Å². The van der Waals surface area contributed by atoms with Crippen LogP contribution in [-0.2, 0) is 6.54 Å². The second-order valence-corrected chi connectivity index (χ2v) is 5.63. The summed E-state index contributed by atoms with van der Waals surface area (Å²) in [4.78, 5) is 11.7. The largest absolute Gasteiger partial charge is 0.419 e. The molecule has 3 nitrogen and oxygen atoms in total. The van der Waals surface area contributed by atoms with Crippen LogP contribution in [0.1, 0.15) is 23.4 Å². The predicted octanol–water partition coefficient (Wildman–Crippen LogP) is 4.60. The van der Waals surface area contributed by atoms with Gasteiger partial charge in [0, 0.05) is 11.6 Å². The highest BCUT2D eigenvalue weighted by molar-refractivity contribution is 6.30. The molecule has 21 heavy (non-hydrogen) atoms. The van der Waals surface area contributed by atoms with E-state index in [1.807, 2.05) is 43.3 Å². The molecule has 0 saturated heterocycles. The van der Waals surface area contributed by atoms with Gasteiger partial charge in [-0.25, -0.2) is 4.79 Å². The molecule has 108 valence electrons. The molecule has 2 aromatic carbocycles. The van der Waals surface area contributed by atoms with Gasteiger partial charge in [-0.15, -0.1) is 11.6 Å². The van der Waals surface area contributed by atoms with Gasteiger partial charge in [-0.3, -0.25) is 4.57 Å². The molecular formula is C16H13Cl2NO2.